The van der Waals surface area contributed by atoms with Gasteiger partial charge in [0.25, 0.3) is 0 Å². The summed E-state index contributed by atoms with van der Waals surface area (Å²) in [7, 11) is 0. The topological polar surface area (TPSA) is 63.6 Å². The maximum absolute atomic E-state index is 8.44. The molecule has 1 aliphatic rings. The Morgan fingerprint density at radius 1 is 1.14 bits per heavy atom. The van der Waals surface area contributed by atoms with E-state index in [4.69, 9.17) is 15.0 Å². The molecule has 0 amide bonds. The first kappa shape index (κ1) is 19.8. The third kappa shape index (κ3) is 6.12. The van der Waals surface area contributed by atoms with Gasteiger partial charge in [-0.15, -0.1) is 0 Å². The summed E-state index contributed by atoms with van der Waals surface area (Å²) in [5.41, 5.74) is 4.29. The summed E-state index contributed by atoms with van der Waals surface area (Å²) in [6.07, 6.45) is -2.08. The largest absolute Gasteiger partial charge is 1.00 e. The summed E-state index contributed by atoms with van der Waals surface area (Å²) in [6.45, 7) is 3.14. The van der Waals surface area contributed by atoms with Gasteiger partial charge < -0.3 is 15.0 Å². The zero-order valence-electron chi connectivity index (χ0n) is 12.3. The molecule has 1 heterocycles. The number of carbonyl (C=O) groups is 1. The molecule has 0 bridgehead atoms. The summed E-state index contributed by atoms with van der Waals surface area (Å²) in [4.78, 5) is 10.9. The van der Waals surface area contributed by atoms with Crippen molar-refractivity contribution >= 4 is 22.1 Å². The standard InChI is InChI=1S/C15H14BrN.CH2O3.K/c16-15-8-4-7-13-10-17(11-14(13)15)9-12-5-2-1-3-6-12;2-1(3)4;/h1-8H,9-11H2;(H2,2,3,4);/q;;+1/p-1. The van der Waals surface area contributed by atoms with Crippen LogP contribution in [0.2, 0.25) is 0 Å². The van der Waals surface area contributed by atoms with E-state index in [1.165, 1.54) is 21.2 Å². The minimum absolute atomic E-state index is 0. The molecular weight excluding hydrogens is 373 g/mol. The van der Waals surface area contributed by atoms with E-state index in [-0.39, 0.29) is 51.4 Å². The van der Waals surface area contributed by atoms with Gasteiger partial charge in [0.15, 0.2) is 0 Å². The van der Waals surface area contributed by atoms with Crippen molar-refractivity contribution in [1.82, 2.24) is 4.90 Å². The van der Waals surface area contributed by atoms with Crippen LogP contribution in [-0.4, -0.2) is 16.2 Å². The molecule has 4 nitrogen and oxygen atoms in total. The molecule has 0 fully saturated rings. The molecule has 0 radical (unpaired) electrons. The number of fused-ring (bicyclic) bond motifs is 1. The second kappa shape index (κ2) is 9.82. The van der Waals surface area contributed by atoms with Crippen molar-refractivity contribution in [2.24, 2.45) is 0 Å². The van der Waals surface area contributed by atoms with Gasteiger partial charge in [-0.05, 0) is 22.8 Å². The van der Waals surface area contributed by atoms with Gasteiger partial charge in [-0.1, -0.05) is 58.4 Å². The summed E-state index contributed by atoms with van der Waals surface area (Å²) in [5.74, 6) is 0. The Balaban J connectivity index is 0.000000436. The van der Waals surface area contributed by atoms with Crippen LogP contribution in [0.5, 0.6) is 0 Å². The average molecular weight is 388 g/mol. The second-order valence-corrected chi connectivity index (χ2v) is 5.63. The molecule has 0 saturated heterocycles. The first-order valence-electron chi connectivity index (χ1n) is 6.48. The van der Waals surface area contributed by atoms with Crippen LogP contribution in [0.25, 0.3) is 0 Å². The fraction of sp³-hybridized carbons (Fsp3) is 0.188. The van der Waals surface area contributed by atoms with Crippen molar-refractivity contribution in [1.29, 1.82) is 0 Å². The summed E-state index contributed by atoms with van der Waals surface area (Å²) >= 11 is 3.63. The smallest absolute Gasteiger partial charge is 0.565 e. The van der Waals surface area contributed by atoms with Gasteiger partial charge in [-0.25, -0.2) is 0 Å². The zero-order valence-corrected chi connectivity index (χ0v) is 17.0. The first-order chi connectivity index (χ1) is 10.1. The SMILES string of the molecule is Brc1cccc2c1CN(Cc1ccccc1)C2.O=C([O-])O.[K+]. The molecule has 0 spiro atoms. The van der Waals surface area contributed by atoms with E-state index in [2.05, 4.69) is 69.4 Å². The van der Waals surface area contributed by atoms with Crippen molar-refractivity contribution < 1.29 is 66.4 Å². The molecule has 2 aromatic rings. The number of halogens is 1. The minimum Gasteiger partial charge on any atom is -0.565 e. The number of hydrogen-bond acceptors (Lipinski definition) is 3. The molecule has 0 aromatic heterocycles. The number of carboxylic acid groups (broad SMARTS) is 2. The third-order valence-corrected chi connectivity index (χ3v) is 3.98. The van der Waals surface area contributed by atoms with Crippen LogP contribution in [0.3, 0.4) is 0 Å². The van der Waals surface area contributed by atoms with E-state index in [1.807, 2.05) is 0 Å². The molecule has 22 heavy (non-hydrogen) atoms. The van der Waals surface area contributed by atoms with Gasteiger partial charge in [0.05, 0.1) is 0 Å². The Bertz CT molecular complexity index is 618. The van der Waals surface area contributed by atoms with E-state index in [1.54, 1.807) is 0 Å². The number of rotatable bonds is 2. The van der Waals surface area contributed by atoms with Crippen molar-refractivity contribution in [2.75, 3.05) is 0 Å². The molecule has 6 heteroatoms. The van der Waals surface area contributed by atoms with E-state index in [0.717, 1.165) is 19.6 Å². The van der Waals surface area contributed by atoms with Gasteiger partial charge >= 0.3 is 51.4 Å². The summed E-state index contributed by atoms with van der Waals surface area (Å²) < 4.78 is 1.24. The molecule has 0 aliphatic carbocycles. The van der Waals surface area contributed by atoms with Gasteiger partial charge in [-0.3, -0.25) is 4.90 Å². The van der Waals surface area contributed by atoms with Crippen LogP contribution in [-0.2, 0) is 19.6 Å². The van der Waals surface area contributed by atoms with Crippen LogP contribution in [0.15, 0.2) is 53.0 Å². The van der Waals surface area contributed by atoms with Crippen molar-refractivity contribution in [3.63, 3.8) is 0 Å². The van der Waals surface area contributed by atoms with Crippen LogP contribution in [0.4, 0.5) is 4.79 Å². The van der Waals surface area contributed by atoms with E-state index in [9.17, 15) is 0 Å². The third-order valence-electron chi connectivity index (χ3n) is 3.24. The van der Waals surface area contributed by atoms with Gasteiger partial charge in [0.2, 0.25) is 6.16 Å². The maximum Gasteiger partial charge on any atom is 1.00 e. The Kier molecular flexibility index (Phi) is 8.85. The first-order valence-corrected chi connectivity index (χ1v) is 7.28. The quantitative estimate of drug-likeness (QED) is 0.728. The Morgan fingerprint density at radius 3 is 2.36 bits per heavy atom. The van der Waals surface area contributed by atoms with Gasteiger partial charge in [0.1, 0.15) is 0 Å². The Hall–Kier alpha value is -0.214. The fourth-order valence-electron chi connectivity index (χ4n) is 2.40. The van der Waals surface area contributed by atoms with Crippen LogP contribution in [0.1, 0.15) is 16.7 Å². The van der Waals surface area contributed by atoms with Gasteiger partial charge in [0, 0.05) is 24.1 Å². The van der Waals surface area contributed by atoms with Crippen LogP contribution < -0.4 is 56.5 Å². The predicted molar refractivity (Wildman–Crippen MR) is 81.6 cm³/mol. The summed E-state index contributed by atoms with van der Waals surface area (Å²) in [5, 5.41) is 15.3. The van der Waals surface area contributed by atoms with Gasteiger partial charge in [-0.2, -0.15) is 0 Å². The van der Waals surface area contributed by atoms with Crippen molar-refractivity contribution in [2.45, 2.75) is 19.6 Å². The molecule has 3 rings (SSSR count). The Morgan fingerprint density at radius 2 is 1.77 bits per heavy atom. The maximum atomic E-state index is 8.44. The predicted octanol–water partition coefficient (Wildman–Crippen LogP) is -0.143. The monoisotopic (exact) mass is 387 g/mol. The molecule has 2 aromatic carbocycles. The zero-order chi connectivity index (χ0) is 15.2. The molecule has 0 unspecified atom stereocenters. The van der Waals surface area contributed by atoms with Crippen LogP contribution >= 0.6 is 15.9 Å². The van der Waals surface area contributed by atoms with E-state index in [0.29, 0.717) is 0 Å². The molecule has 0 saturated carbocycles. The number of hydrogen-bond donors (Lipinski definition) is 1. The number of benzene rings is 2. The second-order valence-electron chi connectivity index (χ2n) is 4.77. The minimum atomic E-state index is -2.08. The summed E-state index contributed by atoms with van der Waals surface area (Å²) in [6, 6.07) is 17.1. The average Bonchev–Trinajstić information content (AvgIpc) is 2.83. The fourth-order valence-corrected chi connectivity index (χ4v) is 2.93. The molecule has 0 atom stereocenters. The number of nitrogens with zero attached hydrogens (tertiary/aromatic N) is 1. The van der Waals surface area contributed by atoms with Crippen molar-refractivity contribution in [3.8, 4) is 0 Å². The molecular formula is C16H15BrKNO3. The van der Waals surface area contributed by atoms with Crippen LogP contribution in [0, 0.1) is 0 Å². The molecule has 1 aliphatic heterocycles. The van der Waals surface area contributed by atoms with Crippen molar-refractivity contribution in [3.05, 3.63) is 69.7 Å². The Labute approximate surface area is 180 Å². The van der Waals surface area contributed by atoms with E-state index >= 15 is 0 Å². The normalized spacial score (nSPS) is 12.6. The molecule has 1 N–H and O–H groups in total. The molecule has 110 valence electrons. The van der Waals surface area contributed by atoms with E-state index < -0.39 is 6.16 Å².